The van der Waals surface area contributed by atoms with Crippen molar-refractivity contribution in [2.45, 2.75) is 39.2 Å². The number of hydrogen-bond acceptors (Lipinski definition) is 7. The monoisotopic (exact) mass is 646 g/mol. The fourth-order valence-corrected chi connectivity index (χ4v) is 6.54. The van der Waals surface area contributed by atoms with Gasteiger partial charge in [0, 0.05) is 19.2 Å². The van der Waals surface area contributed by atoms with Gasteiger partial charge in [0.25, 0.3) is 0 Å². The summed E-state index contributed by atoms with van der Waals surface area (Å²) in [5, 5.41) is 32.2. The third-order valence-corrected chi connectivity index (χ3v) is 8.71. The first-order valence-electron chi connectivity index (χ1n) is 13.1. The number of nitrogens with zero attached hydrogens (tertiary/aromatic N) is 2. The highest BCUT2D eigenvalue weighted by Gasteiger charge is 2.53. The number of ether oxygens (including phenoxy) is 1. The second kappa shape index (κ2) is 12.2. The normalized spacial score (nSPS) is 22.5. The van der Waals surface area contributed by atoms with Gasteiger partial charge in [0.05, 0.1) is 40.9 Å². The molecule has 1 aliphatic carbocycles. The molecule has 0 saturated carbocycles. The Morgan fingerprint density at radius 1 is 1.26 bits per heavy atom. The molecular weight excluding hydrogens is 611 g/mol. The number of fused-ring (bicyclic) bond motifs is 1. The number of rotatable bonds is 9. The van der Waals surface area contributed by atoms with E-state index in [9.17, 15) is 24.9 Å². The van der Waals surface area contributed by atoms with Crippen molar-refractivity contribution in [2.75, 3.05) is 20.8 Å². The van der Waals surface area contributed by atoms with E-state index in [1.54, 1.807) is 12.3 Å². The van der Waals surface area contributed by atoms with Gasteiger partial charge < -0.3 is 20.1 Å². The predicted molar refractivity (Wildman–Crippen MR) is 157 cm³/mol. The number of benzene rings is 1. The number of phenols is 1. The molecule has 0 bridgehead atoms. The van der Waals surface area contributed by atoms with E-state index >= 15 is 0 Å². The lowest BCUT2D eigenvalue weighted by Gasteiger charge is -2.38. The van der Waals surface area contributed by atoms with Crippen molar-refractivity contribution in [1.29, 1.82) is 0 Å². The molecule has 0 radical (unpaired) electrons. The summed E-state index contributed by atoms with van der Waals surface area (Å²) in [5.41, 5.74) is 4.08. The molecule has 9 heteroatoms. The Balaban J connectivity index is 1.68. The Morgan fingerprint density at radius 2 is 2.00 bits per heavy atom. The largest absolute Gasteiger partial charge is 0.504 e. The highest BCUT2D eigenvalue weighted by Crippen LogP contribution is 2.47. The maximum atomic E-state index is 13.0. The number of carbonyl (C=O) groups is 2. The fraction of sp³-hybridized carbons (Fsp3) is 0.433. The highest BCUT2D eigenvalue weighted by atomic mass is 127. The molecule has 2 aliphatic rings. The molecule has 2 heterocycles. The zero-order chi connectivity index (χ0) is 28.4. The highest BCUT2D eigenvalue weighted by molar-refractivity contribution is 14.1. The number of aromatic hydroxyl groups is 1. The molecule has 2 aromatic rings. The second-order valence-corrected chi connectivity index (χ2v) is 11.7. The number of aliphatic hydroxyl groups excluding tert-OH is 2. The molecule has 208 valence electrons. The first-order chi connectivity index (χ1) is 18.6. The molecular formula is C30H35IN2O6. The van der Waals surface area contributed by atoms with Crippen LogP contribution in [0.15, 0.2) is 47.7 Å². The number of hydrogen-bond donors (Lipinski definition) is 3. The predicted octanol–water partition coefficient (Wildman–Crippen LogP) is 4.28. The summed E-state index contributed by atoms with van der Waals surface area (Å²) in [7, 11) is 2.99. The molecule has 0 unspecified atom stereocenters. The van der Waals surface area contributed by atoms with Gasteiger partial charge in [-0.3, -0.25) is 19.5 Å². The van der Waals surface area contributed by atoms with E-state index < -0.39 is 23.9 Å². The number of allylic oxidation sites excluding steroid dienone is 2. The van der Waals surface area contributed by atoms with E-state index in [4.69, 9.17) is 4.74 Å². The van der Waals surface area contributed by atoms with Crippen LogP contribution in [0, 0.1) is 27.2 Å². The van der Waals surface area contributed by atoms with Crippen molar-refractivity contribution < 1.29 is 29.6 Å². The summed E-state index contributed by atoms with van der Waals surface area (Å²) in [5.74, 6) is -1.77. The summed E-state index contributed by atoms with van der Waals surface area (Å²) in [6.45, 7) is 3.72. The fourth-order valence-electron chi connectivity index (χ4n) is 5.91. The number of aromatic nitrogens is 1. The van der Waals surface area contributed by atoms with Crippen LogP contribution < -0.4 is 4.74 Å². The van der Waals surface area contributed by atoms with Crippen LogP contribution in [0.3, 0.4) is 0 Å². The Hall–Kier alpha value is -2.76. The van der Waals surface area contributed by atoms with E-state index in [2.05, 4.69) is 27.6 Å². The zero-order valence-corrected chi connectivity index (χ0v) is 24.8. The van der Waals surface area contributed by atoms with Gasteiger partial charge in [0.15, 0.2) is 11.5 Å². The van der Waals surface area contributed by atoms with Crippen LogP contribution in [-0.4, -0.2) is 63.9 Å². The zero-order valence-electron chi connectivity index (χ0n) is 22.6. The minimum Gasteiger partial charge on any atom is -0.504 e. The number of halogens is 1. The molecule has 39 heavy (non-hydrogen) atoms. The van der Waals surface area contributed by atoms with Crippen LogP contribution in [0.4, 0.5) is 0 Å². The second-order valence-electron chi connectivity index (χ2n) is 10.5. The summed E-state index contributed by atoms with van der Waals surface area (Å²) in [6, 6.07) is 9.23. The topological polar surface area (TPSA) is 120 Å². The summed E-state index contributed by atoms with van der Waals surface area (Å²) in [6.07, 6.45) is 3.98. The van der Waals surface area contributed by atoms with Crippen LogP contribution in [0.2, 0.25) is 0 Å². The number of pyridine rings is 1. The van der Waals surface area contributed by atoms with Crippen molar-refractivity contribution in [3.05, 3.63) is 62.5 Å². The average molecular weight is 647 g/mol. The Kier molecular flexibility index (Phi) is 9.13. The van der Waals surface area contributed by atoms with Crippen molar-refractivity contribution in [1.82, 2.24) is 9.88 Å². The van der Waals surface area contributed by atoms with Gasteiger partial charge >= 0.3 is 0 Å². The SMILES string of the molecule is COc1cc(/C=C(/CC[C@@H](O)C2=C(C(C)C)C[C@H]3C(=O)N(C)C(=O)[C@H]3[C@H]2CO)c2ccccn2)cc(I)c1O. The standard InChI is InChI=1S/C30H35IN2O6/c1-16(2)19-14-20-27(30(38)33(3)29(20)37)21(15-34)26(19)24(35)9-8-18(23-7-5-6-10-32-23)11-17-12-22(31)28(36)25(13-17)39-4/h5-7,10-13,16,20-21,24,27,34-36H,8-9,14-15H2,1-4H3/b18-11-/t20-,21+,24-,27-/m1/s1. The number of likely N-dealkylation sites (tertiary alicyclic amines) is 1. The molecule has 1 saturated heterocycles. The number of amides is 2. The first-order valence-corrected chi connectivity index (χ1v) is 14.2. The van der Waals surface area contributed by atoms with Gasteiger partial charge in [-0.1, -0.05) is 25.5 Å². The van der Waals surface area contributed by atoms with Gasteiger partial charge in [-0.15, -0.1) is 0 Å². The van der Waals surface area contributed by atoms with E-state index in [-0.39, 0.29) is 30.1 Å². The van der Waals surface area contributed by atoms with Crippen LogP contribution in [-0.2, 0) is 9.59 Å². The first kappa shape index (κ1) is 29.2. The molecule has 0 spiro atoms. The van der Waals surface area contributed by atoms with Crippen LogP contribution in [0.25, 0.3) is 11.6 Å². The summed E-state index contributed by atoms with van der Waals surface area (Å²) >= 11 is 2.05. The maximum Gasteiger partial charge on any atom is 0.233 e. The lowest BCUT2D eigenvalue weighted by molar-refractivity contribution is -0.138. The summed E-state index contributed by atoms with van der Waals surface area (Å²) in [4.78, 5) is 31.4. The van der Waals surface area contributed by atoms with Crippen LogP contribution in [0.1, 0.15) is 44.4 Å². The maximum absolute atomic E-state index is 13.0. The van der Waals surface area contributed by atoms with Crippen LogP contribution in [0.5, 0.6) is 11.5 Å². The van der Waals surface area contributed by atoms with Crippen molar-refractivity contribution in [3.63, 3.8) is 0 Å². The molecule has 1 aliphatic heterocycles. The van der Waals surface area contributed by atoms with Gasteiger partial charge in [-0.25, -0.2) is 0 Å². The van der Waals surface area contributed by atoms with E-state index in [0.717, 1.165) is 22.4 Å². The van der Waals surface area contributed by atoms with Gasteiger partial charge in [0.1, 0.15) is 0 Å². The molecule has 2 amide bonds. The minimum atomic E-state index is -0.907. The van der Waals surface area contributed by atoms with Gasteiger partial charge in [-0.2, -0.15) is 0 Å². The third kappa shape index (κ3) is 5.76. The molecule has 4 rings (SSSR count). The van der Waals surface area contributed by atoms with Gasteiger partial charge in [0.2, 0.25) is 11.8 Å². The van der Waals surface area contributed by atoms with Crippen molar-refractivity contribution >= 4 is 46.1 Å². The molecule has 1 aromatic carbocycles. The number of carbonyl (C=O) groups excluding carboxylic acids is 2. The molecule has 1 aromatic heterocycles. The smallest absolute Gasteiger partial charge is 0.233 e. The van der Waals surface area contributed by atoms with E-state index in [1.807, 2.05) is 44.2 Å². The Labute approximate surface area is 242 Å². The number of phenolic OH excluding ortho intramolecular Hbond substituents is 1. The van der Waals surface area contributed by atoms with Crippen molar-refractivity contribution in [3.8, 4) is 11.5 Å². The molecule has 4 atom stereocenters. The van der Waals surface area contributed by atoms with Crippen LogP contribution >= 0.6 is 22.6 Å². The van der Waals surface area contributed by atoms with Gasteiger partial charge in [-0.05, 0) is 94.8 Å². The number of imide groups is 1. The number of methoxy groups -OCH3 is 1. The lowest BCUT2D eigenvalue weighted by atomic mass is 9.66. The summed E-state index contributed by atoms with van der Waals surface area (Å²) < 4.78 is 5.97. The molecule has 1 fully saturated rings. The minimum absolute atomic E-state index is 0.0517. The quantitative estimate of drug-likeness (QED) is 0.212. The average Bonchev–Trinajstić information content (AvgIpc) is 3.15. The van der Waals surface area contributed by atoms with E-state index in [1.165, 1.54) is 19.1 Å². The Bertz CT molecular complexity index is 1310. The third-order valence-electron chi connectivity index (χ3n) is 7.89. The van der Waals surface area contributed by atoms with Crippen molar-refractivity contribution in [2.24, 2.45) is 23.7 Å². The number of aliphatic hydroxyl groups is 2. The van der Waals surface area contributed by atoms with E-state index in [0.29, 0.717) is 34.2 Å². The lowest BCUT2D eigenvalue weighted by Crippen LogP contribution is -2.39. The Morgan fingerprint density at radius 3 is 2.62 bits per heavy atom. The molecule has 3 N–H and O–H groups in total. The molecule has 8 nitrogen and oxygen atoms in total.